The summed E-state index contributed by atoms with van der Waals surface area (Å²) in [4.78, 5) is 31.2. The third-order valence-electron chi connectivity index (χ3n) is 9.41. The van der Waals surface area contributed by atoms with Gasteiger partial charge < -0.3 is 24.2 Å². The number of hydrogen-bond donors (Lipinski definition) is 0. The van der Waals surface area contributed by atoms with Gasteiger partial charge in [0.25, 0.3) is 0 Å². The molecule has 242 valence electrons. The van der Waals surface area contributed by atoms with Crippen molar-refractivity contribution in [2.45, 2.75) is 51.0 Å². The second-order valence-electron chi connectivity index (χ2n) is 12.5. The molecule has 1 amide bonds. The number of aryl methyl sites for hydroxylation is 1. The fourth-order valence-corrected chi connectivity index (χ4v) is 7.03. The van der Waals surface area contributed by atoms with Crippen LogP contribution in [0.15, 0.2) is 48.6 Å². The summed E-state index contributed by atoms with van der Waals surface area (Å²) in [6.45, 7) is 6.08. The molecular weight excluding hydrogens is 585 g/mol. The van der Waals surface area contributed by atoms with Crippen molar-refractivity contribution in [3.05, 3.63) is 65.4 Å². The lowest BCUT2D eigenvalue weighted by atomic mass is 9.99. The Bertz CT molecular complexity index is 1640. The highest BCUT2D eigenvalue weighted by Gasteiger charge is 2.34. The number of halogens is 1. The van der Waals surface area contributed by atoms with Crippen LogP contribution in [0.2, 0.25) is 0 Å². The average Bonchev–Trinajstić information content (AvgIpc) is 3.39. The molecule has 1 aromatic heterocycles. The second-order valence-corrected chi connectivity index (χ2v) is 12.5. The molecule has 0 unspecified atom stereocenters. The van der Waals surface area contributed by atoms with Gasteiger partial charge in [0, 0.05) is 68.6 Å². The van der Waals surface area contributed by atoms with E-state index >= 15 is 0 Å². The summed E-state index contributed by atoms with van der Waals surface area (Å²) in [5, 5.41) is 12.1. The minimum absolute atomic E-state index is 0.0473. The Morgan fingerprint density at radius 1 is 1.11 bits per heavy atom. The number of piperazine rings is 1. The van der Waals surface area contributed by atoms with E-state index in [0.29, 0.717) is 52.4 Å². The van der Waals surface area contributed by atoms with Gasteiger partial charge in [0.05, 0.1) is 37.4 Å². The van der Waals surface area contributed by atoms with Crippen molar-refractivity contribution in [2.24, 2.45) is 0 Å². The molecule has 0 spiro atoms. The van der Waals surface area contributed by atoms with E-state index in [9.17, 15) is 14.4 Å². The van der Waals surface area contributed by atoms with Crippen LogP contribution in [0.1, 0.15) is 29.7 Å². The maximum atomic E-state index is 14.1. The monoisotopic (exact) mass is 627 g/mol. The minimum atomic E-state index is -0.864. The van der Waals surface area contributed by atoms with Gasteiger partial charge in [-0.2, -0.15) is 15.2 Å². The summed E-state index contributed by atoms with van der Waals surface area (Å²) in [6, 6.07) is 15.0. The molecule has 46 heavy (non-hydrogen) atoms. The summed E-state index contributed by atoms with van der Waals surface area (Å²) in [5.74, 6) is 0.667. The Kier molecular flexibility index (Phi) is 9.66. The van der Waals surface area contributed by atoms with Crippen molar-refractivity contribution in [3.8, 4) is 12.1 Å². The fourth-order valence-electron chi connectivity index (χ4n) is 7.03. The number of hydrogen-bond acceptors (Lipinski definition) is 9. The fraction of sp³-hybridized carbons (Fsp3) is 0.486. The number of amides is 1. The zero-order chi connectivity index (χ0) is 32.2. The number of nitrogens with zero attached hydrogens (tertiary/aromatic N) is 7. The normalized spacial score (nSPS) is 22.0. The van der Waals surface area contributed by atoms with Gasteiger partial charge in [0.1, 0.15) is 18.6 Å². The van der Waals surface area contributed by atoms with Crippen LogP contribution in [-0.4, -0.2) is 104 Å². The summed E-state index contributed by atoms with van der Waals surface area (Å²) < 4.78 is 25.4. The average molecular weight is 628 g/mol. The smallest absolute Gasteiger partial charge is 0.318 e. The molecule has 2 saturated heterocycles. The van der Waals surface area contributed by atoms with Crippen molar-refractivity contribution in [1.29, 1.82) is 5.26 Å². The lowest BCUT2D eigenvalue weighted by Crippen LogP contribution is -2.55. The van der Waals surface area contributed by atoms with E-state index in [0.717, 1.165) is 30.0 Å². The predicted molar refractivity (Wildman–Crippen MR) is 176 cm³/mol. The maximum absolute atomic E-state index is 14.1. The molecule has 10 nitrogen and oxygen atoms in total. The van der Waals surface area contributed by atoms with Crippen molar-refractivity contribution in [2.75, 3.05) is 69.9 Å². The number of likely N-dealkylation sites (N-methyl/N-ethyl adjacent to an activating group) is 1. The van der Waals surface area contributed by atoms with E-state index in [4.69, 9.17) is 19.4 Å². The first-order valence-electron chi connectivity index (χ1n) is 16.0. The first-order chi connectivity index (χ1) is 22.4. The number of aromatic nitrogens is 2. The van der Waals surface area contributed by atoms with Crippen LogP contribution in [0.25, 0.3) is 10.8 Å². The van der Waals surface area contributed by atoms with Crippen molar-refractivity contribution in [3.63, 3.8) is 0 Å². The molecular formula is C35H42FN7O3. The van der Waals surface area contributed by atoms with Gasteiger partial charge in [-0.15, -0.1) is 0 Å². The molecule has 3 aromatic rings. The lowest BCUT2D eigenvalue weighted by molar-refractivity contribution is -0.128. The van der Waals surface area contributed by atoms with Gasteiger partial charge in [-0.05, 0) is 43.8 Å². The van der Waals surface area contributed by atoms with Gasteiger partial charge in [0.15, 0.2) is 0 Å². The number of methoxy groups -OCH3 is 1. The second kappa shape index (κ2) is 14.0. The van der Waals surface area contributed by atoms with Gasteiger partial charge in [0.2, 0.25) is 5.91 Å². The molecule has 0 bridgehead atoms. The number of alkyl halides is 1. The molecule has 4 heterocycles. The molecule has 3 aliphatic heterocycles. The SMILES string of the molecule is COC/C=C/C(=O)N1CCN(c2nc(OC[C@H]3C[C@@H](F)CN3C)nc3c2CCN(c2cccc4cccc(C)c24)C3)C[C@@H]1CC#N. The number of benzene rings is 2. The highest BCUT2D eigenvalue weighted by molar-refractivity contribution is 5.97. The largest absolute Gasteiger partial charge is 0.462 e. The quantitative estimate of drug-likeness (QED) is 0.326. The summed E-state index contributed by atoms with van der Waals surface area (Å²) >= 11 is 0. The summed E-state index contributed by atoms with van der Waals surface area (Å²) in [7, 11) is 3.50. The van der Waals surface area contributed by atoms with E-state index < -0.39 is 6.17 Å². The number of rotatable bonds is 9. The number of fused-ring (bicyclic) bond motifs is 2. The van der Waals surface area contributed by atoms with E-state index in [1.807, 2.05) is 11.9 Å². The summed E-state index contributed by atoms with van der Waals surface area (Å²) in [5.41, 5.74) is 4.37. The first-order valence-corrected chi connectivity index (χ1v) is 16.0. The zero-order valence-electron chi connectivity index (χ0n) is 26.9. The third kappa shape index (κ3) is 6.64. The molecule has 11 heteroatoms. The van der Waals surface area contributed by atoms with E-state index in [-0.39, 0.29) is 30.4 Å². The molecule has 2 fully saturated rings. The topological polar surface area (TPSA) is 98.1 Å². The molecule has 0 aliphatic carbocycles. The lowest BCUT2D eigenvalue weighted by Gasteiger charge is -2.42. The highest BCUT2D eigenvalue weighted by atomic mass is 19.1. The highest BCUT2D eigenvalue weighted by Crippen LogP contribution is 2.36. The maximum Gasteiger partial charge on any atom is 0.318 e. The molecule has 6 rings (SSSR count). The van der Waals surface area contributed by atoms with Crippen molar-refractivity contribution in [1.82, 2.24) is 19.8 Å². The van der Waals surface area contributed by atoms with E-state index in [1.165, 1.54) is 28.1 Å². The Morgan fingerprint density at radius 3 is 2.70 bits per heavy atom. The van der Waals surface area contributed by atoms with Gasteiger partial charge in [-0.3, -0.25) is 9.69 Å². The van der Waals surface area contributed by atoms with E-state index in [1.54, 1.807) is 18.1 Å². The van der Waals surface area contributed by atoms with Crippen LogP contribution < -0.4 is 14.5 Å². The van der Waals surface area contributed by atoms with Crippen LogP contribution in [0, 0.1) is 18.3 Å². The number of ether oxygens (including phenoxy) is 2. The van der Waals surface area contributed by atoms with Crippen LogP contribution >= 0.6 is 0 Å². The Labute approximate surface area is 270 Å². The molecule has 0 radical (unpaired) electrons. The minimum Gasteiger partial charge on any atom is -0.462 e. The van der Waals surface area contributed by atoms with Crippen molar-refractivity contribution >= 4 is 28.2 Å². The van der Waals surface area contributed by atoms with Crippen LogP contribution in [0.5, 0.6) is 6.01 Å². The van der Waals surface area contributed by atoms with Crippen LogP contribution in [0.4, 0.5) is 15.9 Å². The first kappa shape index (κ1) is 31.7. The van der Waals surface area contributed by atoms with Crippen molar-refractivity contribution < 1.29 is 18.7 Å². The third-order valence-corrected chi connectivity index (χ3v) is 9.41. The van der Waals surface area contributed by atoms with Gasteiger partial charge in [-0.1, -0.05) is 36.4 Å². The Morgan fingerprint density at radius 2 is 1.93 bits per heavy atom. The summed E-state index contributed by atoms with van der Waals surface area (Å²) in [6.07, 6.45) is 3.73. The molecule has 3 atom stereocenters. The molecule has 3 aliphatic rings. The van der Waals surface area contributed by atoms with Crippen LogP contribution in [-0.2, 0) is 22.5 Å². The Hall–Kier alpha value is -4.27. The van der Waals surface area contributed by atoms with Crippen LogP contribution in [0.3, 0.4) is 0 Å². The number of anilines is 2. The molecule has 2 aromatic carbocycles. The molecule has 0 saturated carbocycles. The zero-order valence-corrected chi connectivity index (χ0v) is 26.9. The predicted octanol–water partition coefficient (Wildman–Crippen LogP) is 4.06. The van der Waals surface area contributed by atoms with E-state index in [2.05, 4.69) is 59.2 Å². The van der Waals surface area contributed by atoms with Gasteiger partial charge in [-0.25, -0.2) is 4.39 Å². The standard InChI is InChI=1S/C35H42FN7O3/c1-24-7-4-8-25-9-5-10-31(33(24)25)41-15-13-29-30(22-41)38-35(46-23-28-19-26(36)20-40(28)2)39-34(29)42-16-17-43(27(21-42)12-14-37)32(44)11-6-18-45-3/h4-11,26-28H,12-13,15-23H2,1-3H3/b11-6+/t26-,27+,28-/m1/s1. The number of carbonyl (C=O) groups excluding carboxylic acids is 1. The number of carbonyl (C=O) groups is 1. The van der Waals surface area contributed by atoms with Gasteiger partial charge >= 0.3 is 6.01 Å². The number of nitriles is 1. The Balaban J connectivity index is 1.31. The number of likely N-dealkylation sites (tertiary alicyclic amines) is 1. The molecule has 0 N–H and O–H groups in total.